The zero-order chi connectivity index (χ0) is 23.3. The molecule has 3 heteroatoms. The van der Waals surface area contributed by atoms with Crippen molar-refractivity contribution >= 4 is 5.97 Å². The highest BCUT2D eigenvalue weighted by molar-refractivity contribution is 5.89. The number of ether oxygens (including phenoxy) is 1. The van der Waals surface area contributed by atoms with Crippen molar-refractivity contribution in [1.82, 2.24) is 5.32 Å². The summed E-state index contributed by atoms with van der Waals surface area (Å²) in [5, 5.41) is 3.34. The second-order valence-corrected chi connectivity index (χ2v) is 9.92. The summed E-state index contributed by atoms with van der Waals surface area (Å²) >= 11 is 0. The summed E-state index contributed by atoms with van der Waals surface area (Å²) in [6.07, 6.45) is 22.0. The van der Waals surface area contributed by atoms with Crippen molar-refractivity contribution in [1.29, 1.82) is 0 Å². The minimum atomic E-state index is -0.463. The van der Waals surface area contributed by atoms with Crippen LogP contribution in [0.25, 0.3) is 0 Å². The molecule has 0 unspecified atom stereocenters. The number of esters is 1. The molecule has 0 aromatic rings. The van der Waals surface area contributed by atoms with E-state index in [-0.39, 0.29) is 0 Å². The van der Waals surface area contributed by atoms with Crippen LogP contribution in [0, 0.1) is 29.6 Å². The van der Waals surface area contributed by atoms with E-state index in [1.165, 1.54) is 83.5 Å². The van der Waals surface area contributed by atoms with Gasteiger partial charge in [-0.1, -0.05) is 96.3 Å². The van der Waals surface area contributed by atoms with Gasteiger partial charge in [-0.15, -0.1) is 0 Å². The molecule has 0 bridgehead atoms. The number of rotatable bonds is 16. The molecule has 0 radical (unpaired) electrons. The highest BCUT2D eigenvalue weighted by Gasteiger charge is 2.33. The molecule has 0 aliphatic carbocycles. The monoisotopic (exact) mass is 443 g/mol. The fraction of sp³-hybridized carbons (Fsp3) is 0.828. The smallest absolute Gasteiger partial charge is 0.385 e. The lowest BCUT2D eigenvalue weighted by atomic mass is 9.83. The first-order valence-corrected chi connectivity index (χ1v) is 13.5. The lowest BCUT2D eigenvalue weighted by Gasteiger charge is -2.36. The Morgan fingerprint density at radius 3 is 1.84 bits per heavy atom. The molecule has 0 spiro atoms. The van der Waals surface area contributed by atoms with Crippen LogP contribution < -0.4 is 5.32 Å². The molecule has 0 aromatic heterocycles. The van der Waals surface area contributed by atoms with Crippen LogP contribution in [-0.4, -0.2) is 24.7 Å². The Morgan fingerprint density at radius 1 is 0.812 bits per heavy atom. The molecule has 1 heterocycles. The van der Waals surface area contributed by atoms with Gasteiger partial charge in [-0.3, -0.25) is 0 Å². The number of unbranched alkanes of at least 4 members (excludes halogenated alkanes) is 14. The van der Waals surface area contributed by atoms with Crippen LogP contribution in [0.5, 0.6) is 0 Å². The van der Waals surface area contributed by atoms with Gasteiger partial charge in [-0.05, 0) is 58.0 Å². The van der Waals surface area contributed by atoms with E-state index in [1.807, 2.05) is 13.8 Å². The van der Waals surface area contributed by atoms with E-state index in [0.717, 1.165) is 38.8 Å². The molecule has 182 valence electrons. The van der Waals surface area contributed by atoms with Crippen molar-refractivity contribution < 1.29 is 9.53 Å². The standard InChI is InChI=1S/C29H49NO2/c1-4-5-6-7-8-9-10-11-12-13-14-15-16-17-18-19-20-21-22-28(31)32-29(2,3)27-23-25-30-26-24-27/h27,30H,4-18,23-26H2,1-3H3. The molecule has 1 fully saturated rings. The summed E-state index contributed by atoms with van der Waals surface area (Å²) in [5.74, 6) is 11.0. The highest BCUT2D eigenvalue weighted by Crippen LogP contribution is 2.28. The normalized spacial score (nSPS) is 14.2. The van der Waals surface area contributed by atoms with E-state index in [0.29, 0.717) is 5.92 Å². The van der Waals surface area contributed by atoms with Crippen LogP contribution in [0.3, 0.4) is 0 Å². The van der Waals surface area contributed by atoms with E-state index >= 15 is 0 Å². The predicted molar refractivity (Wildman–Crippen MR) is 136 cm³/mol. The van der Waals surface area contributed by atoms with Crippen molar-refractivity contribution in [3.05, 3.63) is 0 Å². The first-order valence-electron chi connectivity index (χ1n) is 13.5. The van der Waals surface area contributed by atoms with Gasteiger partial charge in [0, 0.05) is 18.3 Å². The van der Waals surface area contributed by atoms with Gasteiger partial charge in [0.2, 0.25) is 0 Å². The Labute approximate surface area is 199 Å². The maximum Gasteiger partial charge on any atom is 0.385 e. The Hall–Kier alpha value is -1.45. The van der Waals surface area contributed by atoms with Crippen molar-refractivity contribution in [2.75, 3.05) is 13.1 Å². The third-order valence-electron chi connectivity index (χ3n) is 6.65. The summed E-state index contributed by atoms with van der Waals surface area (Å²) in [5.41, 5.74) is -0.463. The number of piperidine rings is 1. The van der Waals surface area contributed by atoms with Gasteiger partial charge in [0.25, 0.3) is 0 Å². The number of carbonyl (C=O) groups excluding carboxylic acids is 1. The molecule has 0 amide bonds. The molecular weight excluding hydrogens is 394 g/mol. The second-order valence-electron chi connectivity index (χ2n) is 9.92. The molecule has 0 atom stereocenters. The molecule has 32 heavy (non-hydrogen) atoms. The Kier molecular flexibility index (Phi) is 17.0. The van der Waals surface area contributed by atoms with Crippen molar-refractivity contribution in [3.63, 3.8) is 0 Å². The van der Waals surface area contributed by atoms with Crippen LogP contribution in [-0.2, 0) is 9.53 Å². The van der Waals surface area contributed by atoms with Gasteiger partial charge < -0.3 is 10.1 Å². The van der Waals surface area contributed by atoms with Crippen LogP contribution in [0.2, 0.25) is 0 Å². The van der Waals surface area contributed by atoms with E-state index < -0.39 is 11.6 Å². The fourth-order valence-electron chi connectivity index (χ4n) is 4.46. The predicted octanol–water partition coefficient (Wildman–Crippen LogP) is 7.19. The topological polar surface area (TPSA) is 38.3 Å². The van der Waals surface area contributed by atoms with E-state index in [2.05, 4.69) is 35.9 Å². The second kappa shape index (κ2) is 19.1. The molecule has 0 saturated carbocycles. The van der Waals surface area contributed by atoms with Gasteiger partial charge in [0.05, 0.1) is 0 Å². The summed E-state index contributed by atoms with van der Waals surface area (Å²) in [7, 11) is 0. The first-order chi connectivity index (χ1) is 15.6. The summed E-state index contributed by atoms with van der Waals surface area (Å²) in [4.78, 5) is 12.0. The number of nitrogens with one attached hydrogen (secondary N) is 1. The minimum Gasteiger partial charge on any atom is -0.450 e. The maximum atomic E-state index is 12.0. The molecular formula is C29H49NO2. The van der Waals surface area contributed by atoms with Gasteiger partial charge >= 0.3 is 5.97 Å². The van der Waals surface area contributed by atoms with Crippen molar-refractivity contribution in [2.24, 2.45) is 5.92 Å². The van der Waals surface area contributed by atoms with Crippen molar-refractivity contribution in [3.8, 4) is 23.7 Å². The SMILES string of the molecule is CCCCCCCCCCCCCCCCC#CC#CC(=O)OC(C)(C)C1CCNCC1. The number of carbonyl (C=O) groups is 1. The number of hydrogen-bond acceptors (Lipinski definition) is 3. The zero-order valence-electron chi connectivity index (χ0n) is 21.3. The van der Waals surface area contributed by atoms with Gasteiger partial charge in [0.1, 0.15) is 5.60 Å². The third-order valence-corrected chi connectivity index (χ3v) is 6.65. The fourth-order valence-corrected chi connectivity index (χ4v) is 4.46. The molecule has 1 rings (SSSR count). The quantitative estimate of drug-likeness (QED) is 0.119. The Morgan fingerprint density at radius 2 is 1.31 bits per heavy atom. The average molecular weight is 444 g/mol. The van der Waals surface area contributed by atoms with Gasteiger partial charge in [-0.2, -0.15) is 0 Å². The van der Waals surface area contributed by atoms with E-state index in [1.54, 1.807) is 0 Å². The van der Waals surface area contributed by atoms with Gasteiger partial charge in [0.15, 0.2) is 0 Å². The largest absolute Gasteiger partial charge is 0.450 e. The molecule has 1 N–H and O–H groups in total. The average Bonchev–Trinajstić information content (AvgIpc) is 2.78. The molecule has 1 saturated heterocycles. The zero-order valence-corrected chi connectivity index (χ0v) is 21.3. The molecule has 3 nitrogen and oxygen atoms in total. The first kappa shape index (κ1) is 28.6. The highest BCUT2D eigenvalue weighted by atomic mass is 16.6. The van der Waals surface area contributed by atoms with Gasteiger partial charge in [-0.25, -0.2) is 4.79 Å². The third kappa shape index (κ3) is 15.4. The molecule has 1 aliphatic rings. The lowest BCUT2D eigenvalue weighted by Crippen LogP contribution is -2.42. The summed E-state index contributed by atoms with van der Waals surface area (Å²) in [6.45, 7) is 8.23. The molecule has 1 aliphatic heterocycles. The van der Waals surface area contributed by atoms with Crippen molar-refractivity contribution in [2.45, 2.75) is 136 Å². The minimum absolute atomic E-state index is 0.390. The Balaban J connectivity index is 1.96. The van der Waals surface area contributed by atoms with Crippen LogP contribution >= 0.6 is 0 Å². The van der Waals surface area contributed by atoms with Crippen LogP contribution in [0.1, 0.15) is 130 Å². The maximum absolute atomic E-state index is 12.0. The summed E-state index contributed by atoms with van der Waals surface area (Å²) < 4.78 is 5.60. The molecule has 0 aromatic carbocycles. The van der Waals surface area contributed by atoms with E-state index in [4.69, 9.17) is 4.74 Å². The Bertz CT molecular complexity index is 596. The van der Waals surface area contributed by atoms with Crippen LogP contribution in [0.15, 0.2) is 0 Å². The number of hydrogen-bond donors (Lipinski definition) is 1. The summed E-state index contributed by atoms with van der Waals surface area (Å²) in [6, 6.07) is 0. The van der Waals surface area contributed by atoms with E-state index in [9.17, 15) is 4.79 Å². The lowest BCUT2D eigenvalue weighted by molar-refractivity contribution is -0.155. The van der Waals surface area contributed by atoms with Crippen LogP contribution in [0.4, 0.5) is 0 Å².